The normalized spacial score (nSPS) is 20.6. The van der Waals surface area contributed by atoms with E-state index >= 15 is 0 Å². The average Bonchev–Trinajstić information content (AvgIpc) is 2.58. The maximum atomic E-state index is 10.8. The molecular weight excluding hydrogens is 208 g/mol. The molecule has 88 valence electrons. The lowest BCUT2D eigenvalue weighted by atomic mass is 9.96. The van der Waals surface area contributed by atoms with Crippen LogP contribution in [0.5, 0.6) is 0 Å². The molecule has 1 aromatic rings. The van der Waals surface area contributed by atoms with Crippen LogP contribution in [0.2, 0.25) is 0 Å². The largest absolute Gasteiger partial charge is 0.480 e. The molecule has 6 nitrogen and oxygen atoms in total. The van der Waals surface area contributed by atoms with Crippen molar-refractivity contribution in [1.29, 1.82) is 0 Å². The van der Waals surface area contributed by atoms with Crippen LogP contribution in [-0.4, -0.2) is 31.9 Å². The fourth-order valence-corrected chi connectivity index (χ4v) is 1.59. The fraction of sp³-hybridized carbons (Fsp3) is 0.700. The molecular formula is C10H16N4O2. The zero-order valence-corrected chi connectivity index (χ0v) is 9.69. The Morgan fingerprint density at radius 3 is 2.81 bits per heavy atom. The van der Waals surface area contributed by atoms with Crippen LogP contribution in [-0.2, 0) is 23.3 Å². The average molecular weight is 224 g/mol. The van der Waals surface area contributed by atoms with Gasteiger partial charge in [-0.1, -0.05) is 20.8 Å². The predicted molar refractivity (Wildman–Crippen MR) is 57.0 cm³/mol. The van der Waals surface area contributed by atoms with Crippen molar-refractivity contribution in [1.82, 2.24) is 20.1 Å². The first kappa shape index (κ1) is 11.1. The molecule has 0 amide bonds. The molecule has 1 unspecified atom stereocenters. The summed E-state index contributed by atoms with van der Waals surface area (Å²) in [5.41, 5.74) is -0.108. The molecule has 1 aliphatic rings. The molecule has 0 radical (unpaired) electrons. The third-order valence-corrected chi connectivity index (χ3v) is 2.58. The van der Waals surface area contributed by atoms with E-state index in [2.05, 4.69) is 15.4 Å². The van der Waals surface area contributed by atoms with Crippen molar-refractivity contribution in [2.45, 2.75) is 45.3 Å². The first-order valence-electron chi connectivity index (χ1n) is 5.28. The Morgan fingerprint density at radius 1 is 1.56 bits per heavy atom. The van der Waals surface area contributed by atoms with Crippen molar-refractivity contribution in [3.63, 3.8) is 0 Å². The van der Waals surface area contributed by atoms with Gasteiger partial charge in [-0.2, -0.15) is 5.10 Å². The number of rotatable bonds is 1. The number of aromatic nitrogens is 3. The Bertz CT molecular complexity index is 419. The summed E-state index contributed by atoms with van der Waals surface area (Å²) in [5.74, 6) is 0.719. The van der Waals surface area contributed by atoms with Gasteiger partial charge in [0.2, 0.25) is 0 Å². The van der Waals surface area contributed by atoms with Crippen LogP contribution < -0.4 is 5.32 Å². The van der Waals surface area contributed by atoms with Crippen molar-refractivity contribution < 1.29 is 9.90 Å². The molecule has 6 heteroatoms. The van der Waals surface area contributed by atoms with Crippen molar-refractivity contribution in [3.05, 3.63) is 11.6 Å². The number of carboxylic acid groups (broad SMARTS) is 1. The topological polar surface area (TPSA) is 80.0 Å². The van der Waals surface area contributed by atoms with E-state index in [9.17, 15) is 4.79 Å². The Hall–Kier alpha value is -1.43. The van der Waals surface area contributed by atoms with Crippen LogP contribution in [0.4, 0.5) is 0 Å². The molecule has 0 saturated carbocycles. The van der Waals surface area contributed by atoms with E-state index in [1.165, 1.54) is 0 Å². The van der Waals surface area contributed by atoms with Gasteiger partial charge in [-0.25, -0.2) is 9.67 Å². The molecule has 0 spiro atoms. The second-order valence-electron chi connectivity index (χ2n) is 5.06. The van der Waals surface area contributed by atoms with Crippen LogP contribution >= 0.6 is 0 Å². The molecule has 1 atom stereocenters. The molecule has 0 saturated heterocycles. The number of hydrogen-bond acceptors (Lipinski definition) is 4. The lowest BCUT2D eigenvalue weighted by molar-refractivity contribution is -0.140. The fourth-order valence-electron chi connectivity index (χ4n) is 1.59. The molecule has 16 heavy (non-hydrogen) atoms. The molecule has 0 fully saturated rings. The van der Waals surface area contributed by atoms with Crippen molar-refractivity contribution >= 4 is 5.97 Å². The molecule has 0 bridgehead atoms. The highest BCUT2D eigenvalue weighted by molar-refractivity contribution is 5.73. The van der Waals surface area contributed by atoms with Gasteiger partial charge in [0.1, 0.15) is 11.9 Å². The maximum Gasteiger partial charge on any atom is 0.322 e. The number of fused-ring (bicyclic) bond motifs is 1. The summed E-state index contributed by atoms with van der Waals surface area (Å²) >= 11 is 0. The highest BCUT2D eigenvalue weighted by Crippen LogP contribution is 2.19. The smallest absolute Gasteiger partial charge is 0.322 e. The zero-order chi connectivity index (χ0) is 11.9. The Morgan fingerprint density at radius 2 is 2.25 bits per heavy atom. The second kappa shape index (κ2) is 3.55. The van der Waals surface area contributed by atoms with Crippen LogP contribution in [0, 0.1) is 0 Å². The summed E-state index contributed by atoms with van der Waals surface area (Å²) < 4.78 is 1.69. The monoisotopic (exact) mass is 224 g/mol. The molecule has 2 N–H and O–H groups in total. The summed E-state index contributed by atoms with van der Waals surface area (Å²) in [6.45, 7) is 6.91. The lowest BCUT2D eigenvalue weighted by Crippen LogP contribution is -2.44. The van der Waals surface area contributed by atoms with Crippen molar-refractivity contribution in [2.24, 2.45) is 0 Å². The number of nitrogens with zero attached hydrogens (tertiary/aromatic N) is 3. The molecule has 1 aliphatic heterocycles. The van der Waals surface area contributed by atoms with Gasteiger partial charge in [-0.3, -0.25) is 10.1 Å². The minimum absolute atomic E-state index is 0.108. The van der Waals surface area contributed by atoms with Crippen molar-refractivity contribution in [2.75, 3.05) is 0 Å². The second-order valence-corrected chi connectivity index (χ2v) is 5.06. The van der Waals surface area contributed by atoms with Crippen molar-refractivity contribution in [3.8, 4) is 0 Å². The van der Waals surface area contributed by atoms with Gasteiger partial charge in [0.05, 0.1) is 13.1 Å². The highest BCUT2D eigenvalue weighted by atomic mass is 16.4. The van der Waals surface area contributed by atoms with E-state index in [4.69, 9.17) is 5.11 Å². The Balaban J connectivity index is 2.27. The first-order valence-corrected chi connectivity index (χ1v) is 5.28. The van der Waals surface area contributed by atoms with Gasteiger partial charge in [0, 0.05) is 5.41 Å². The van der Waals surface area contributed by atoms with Gasteiger partial charge >= 0.3 is 5.97 Å². The van der Waals surface area contributed by atoms with Gasteiger partial charge in [-0.05, 0) is 0 Å². The standard InChI is InChI=1S/C10H16N4O2/c1-10(2,3)9-12-7-4-11-6(8(15)16)5-14(7)13-9/h6,11H,4-5H2,1-3H3,(H,15,16). The number of nitrogens with one attached hydrogen (secondary N) is 1. The van der Waals surface area contributed by atoms with Gasteiger partial charge in [0.25, 0.3) is 0 Å². The molecule has 0 aromatic carbocycles. The molecule has 2 rings (SSSR count). The number of carboxylic acids is 1. The molecule has 0 aliphatic carbocycles. The van der Waals surface area contributed by atoms with Gasteiger partial charge in [0.15, 0.2) is 5.82 Å². The van der Waals surface area contributed by atoms with E-state index in [1.807, 2.05) is 20.8 Å². The quantitative estimate of drug-likeness (QED) is 0.709. The third-order valence-electron chi connectivity index (χ3n) is 2.58. The predicted octanol–water partition coefficient (Wildman–Crippen LogP) is 0.132. The minimum atomic E-state index is -0.849. The molecule has 1 aromatic heterocycles. The molecule has 2 heterocycles. The van der Waals surface area contributed by atoms with Gasteiger partial charge < -0.3 is 5.11 Å². The van der Waals surface area contributed by atoms with Crippen LogP contribution in [0.3, 0.4) is 0 Å². The Kier molecular flexibility index (Phi) is 2.46. The SMILES string of the molecule is CC(C)(C)c1nc2n(n1)CC(C(=O)O)NC2. The van der Waals surface area contributed by atoms with Crippen LogP contribution in [0.25, 0.3) is 0 Å². The van der Waals surface area contributed by atoms with Crippen LogP contribution in [0.1, 0.15) is 32.4 Å². The number of aliphatic carboxylic acids is 1. The van der Waals surface area contributed by atoms with E-state index in [0.717, 1.165) is 11.6 Å². The highest BCUT2D eigenvalue weighted by Gasteiger charge is 2.28. The minimum Gasteiger partial charge on any atom is -0.480 e. The number of carbonyl (C=O) groups is 1. The number of hydrogen-bond donors (Lipinski definition) is 2. The zero-order valence-electron chi connectivity index (χ0n) is 9.69. The summed E-state index contributed by atoms with van der Waals surface area (Å²) in [6, 6.07) is -0.568. The van der Waals surface area contributed by atoms with E-state index in [0.29, 0.717) is 13.1 Å². The summed E-state index contributed by atoms with van der Waals surface area (Å²) in [7, 11) is 0. The summed E-state index contributed by atoms with van der Waals surface area (Å²) in [5, 5.41) is 16.2. The summed E-state index contributed by atoms with van der Waals surface area (Å²) in [4.78, 5) is 15.3. The van der Waals surface area contributed by atoms with E-state index in [1.54, 1.807) is 4.68 Å². The van der Waals surface area contributed by atoms with E-state index < -0.39 is 12.0 Å². The maximum absolute atomic E-state index is 10.8. The van der Waals surface area contributed by atoms with Crippen LogP contribution in [0.15, 0.2) is 0 Å². The third kappa shape index (κ3) is 1.92. The van der Waals surface area contributed by atoms with Gasteiger partial charge in [-0.15, -0.1) is 0 Å². The summed E-state index contributed by atoms with van der Waals surface area (Å²) in [6.07, 6.45) is 0. The first-order chi connectivity index (χ1) is 7.38. The van der Waals surface area contributed by atoms with E-state index in [-0.39, 0.29) is 5.41 Å². The Labute approximate surface area is 93.7 Å². The lowest BCUT2D eigenvalue weighted by Gasteiger charge is -2.20.